The number of carboxylic acids is 1. The monoisotopic (exact) mass is 235 g/mol. The first-order chi connectivity index (χ1) is 7.34. The van der Waals surface area contributed by atoms with E-state index >= 15 is 0 Å². The predicted octanol–water partition coefficient (Wildman–Crippen LogP) is 2.37. The fraction of sp³-hybridized carbons (Fsp3) is 0.125. The van der Waals surface area contributed by atoms with Gasteiger partial charge in [-0.25, -0.2) is 18.0 Å². The molecule has 0 aliphatic heterocycles. The van der Waals surface area contributed by atoms with Crippen LogP contribution >= 0.6 is 0 Å². The molecular weight excluding hydrogens is 231 g/mol. The third kappa shape index (κ3) is 2.10. The molecular formula is C8H4F3NO4. The van der Waals surface area contributed by atoms with Gasteiger partial charge in [0.2, 0.25) is 0 Å². The standard InChI is InChI=1S/C8H4F3NO4/c9-5-1-4(8(13)14)6(12(15)16)2-3(5)7(10)11/h1-2,7H,(H,13,14). The van der Waals surface area contributed by atoms with Crippen LogP contribution in [0.15, 0.2) is 12.1 Å². The number of alkyl halides is 2. The van der Waals surface area contributed by atoms with E-state index in [2.05, 4.69) is 0 Å². The van der Waals surface area contributed by atoms with Crippen molar-refractivity contribution in [2.24, 2.45) is 0 Å². The summed E-state index contributed by atoms with van der Waals surface area (Å²) in [7, 11) is 0. The fourth-order valence-corrected chi connectivity index (χ4v) is 1.07. The summed E-state index contributed by atoms with van der Waals surface area (Å²) in [6.45, 7) is 0. The van der Waals surface area contributed by atoms with Crippen molar-refractivity contribution in [3.63, 3.8) is 0 Å². The Morgan fingerprint density at radius 2 is 2.00 bits per heavy atom. The van der Waals surface area contributed by atoms with Crippen molar-refractivity contribution in [3.8, 4) is 0 Å². The lowest BCUT2D eigenvalue weighted by Gasteiger charge is -2.03. The van der Waals surface area contributed by atoms with Gasteiger partial charge in [-0.3, -0.25) is 10.1 Å². The molecule has 0 spiro atoms. The second kappa shape index (κ2) is 4.17. The number of benzene rings is 1. The Morgan fingerprint density at radius 3 is 2.38 bits per heavy atom. The van der Waals surface area contributed by atoms with Gasteiger partial charge in [-0.2, -0.15) is 0 Å². The van der Waals surface area contributed by atoms with Crippen molar-refractivity contribution >= 4 is 11.7 Å². The Kier molecular flexibility index (Phi) is 3.11. The molecule has 0 amide bonds. The van der Waals surface area contributed by atoms with Gasteiger partial charge in [0.1, 0.15) is 11.4 Å². The van der Waals surface area contributed by atoms with Crippen molar-refractivity contribution in [3.05, 3.63) is 39.2 Å². The molecule has 0 fully saturated rings. The zero-order chi connectivity index (χ0) is 12.5. The van der Waals surface area contributed by atoms with Gasteiger partial charge in [-0.15, -0.1) is 0 Å². The second-order valence-electron chi connectivity index (χ2n) is 2.75. The van der Waals surface area contributed by atoms with E-state index in [0.29, 0.717) is 0 Å². The SMILES string of the molecule is O=C(O)c1cc(F)c(C(F)F)cc1[N+](=O)[O-]. The zero-order valence-corrected chi connectivity index (χ0v) is 7.49. The first-order valence-electron chi connectivity index (χ1n) is 3.84. The van der Waals surface area contributed by atoms with Crippen LogP contribution in [0.3, 0.4) is 0 Å². The van der Waals surface area contributed by atoms with E-state index in [9.17, 15) is 28.1 Å². The predicted molar refractivity (Wildman–Crippen MR) is 45.0 cm³/mol. The molecule has 86 valence electrons. The summed E-state index contributed by atoms with van der Waals surface area (Å²) in [6, 6.07) is 0.436. The molecule has 16 heavy (non-hydrogen) atoms. The Labute approximate surface area is 86.3 Å². The summed E-state index contributed by atoms with van der Waals surface area (Å²) >= 11 is 0. The number of carbonyl (C=O) groups is 1. The first kappa shape index (κ1) is 12.0. The number of rotatable bonds is 3. The summed E-state index contributed by atoms with van der Waals surface area (Å²) in [5.41, 5.74) is -3.23. The van der Waals surface area contributed by atoms with Gasteiger partial charge in [0, 0.05) is 6.07 Å². The minimum atomic E-state index is -3.25. The minimum Gasteiger partial charge on any atom is -0.477 e. The topological polar surface area (TPSA) is 80.4 Å². The Hall–Kier alpha value is -2.12. The van der Waals surface area contributed by atoms with Gasteiger partial charge in [-0.05, 0) is 6.07 Å². The molecule has 0 saturated heterocycles. The maximum atomic E-state index is 12.9. The van der Waals surface area contributed by atoms with Crippen LogP contribution in [0.1, 0.15) is 22.3 Å². The number of nitro groups is 1. The molecule has 1 aromatic rings. The van der Waals surface area contributed by atoms with Gasteiger partial charge in [0.25, 0.3) is 12.1 Å². The number of nitro benzene ring substituents is 1. The number of halogens is 3. The third-order valence-electron chi connectivity index (χ3n) is 1.78. The van der Waals surface area contributed by atoms with Crippen LogP contribution in [-0.2, 0) is 0 Å². The van der Waals surface area contributed by atoms with Crippen molar-refractivity contribution in [1.29, 1.82) is 0 Å². The summed E-state index contributed by atoms with van der Waals surface area (Å²) in [4.78, 5) is 19.7. The number of aromatic carboxylic acids is 1. The van der Waals surface area contributed by atoms with Gasteiger partial charge < -0.3 is 5.11 Å². The van der Waals surface area contributed by atoms with E-state index in [1.165, 1.54) is 0 Å². The lowest BCUT2D eigenvalue weighted by atomic mass is 10.1. The average Bonchev–Trinajstić information content (AvgIpc) is 2.15. The van der Waals surface area contributed by atoms with E-state index in [1.807, 2.05) is 0 Å². The smallest absolute Gasteiger partial charge is 0.342 e. The number of hydrogen-bond donors (Lipinski definition) is 1. The number of nitrogens with zero attached hydrogens (tertiary/aromatic N) is 1. The second-order valence-corrected chi connectivity index (χ2v) is 2.75. The van der Waals surface area contributed by atoms with Gasteiger partial charge in [-0.1, -0.05) is 0 Å². The molecule has 0 unspecified atom stereocenters. The summed E-state index contributed by atoms with van der Waals surface area (Å²) in [5.74, 6) is -3.25. The Balaban J connectivity index is 3.49. The van der Waals surface area contributed by atoms with E-state index < -0.39 is 39.9 Å². The van der Waals surface area contributed by atoms with Crippen LogP contribution in [-0.4, -0.2) is 16.0 Å². The lowest BCUT2D eigenvalue weighted by Crippen LogP contribution is -2.05. The molecule has 1 N–H and O–H groups in total. The molecule has 0 aromatic heterocycles. The summed E-state index contributed by atoms with van der Waals surface area (Å²) in [5, 5.41) is 18.9. The maximum Gasteiger partial charge on any atom is 0.342 e. The summed E-state index contributed by atoms with van der Waals surface area (Å²) < 4.78 is 37.3. The van der Waals surface area contributed by atoms with Crippen LogP contribution in [0.4, 0.5) is 18.9 Å². The van der Waals surface area contributed by atoms with Crippen LogP contribution in [0.5, 0.6) is 0 Å². The molecule has 1 rings (SSSR count). The van der Waals surface area contributed by atoms with Gasteiger partial charge in [0.05, 0.1) is 10.5 Å². The number of hydrogen-bond acceptors (Lipinski definition) is 3. The van der Waals surface area contributed by atoms with Gasteiger partial charge in [0.15, 0.2) is 0 Å². The van der Waals surface area contributed by atoms with E-state index in [4.69, 9.17) is 5.11 Å². The average molecular weight is 235 g/mol. The molecule has 0 aliphatic carbocycles. The fourth-order valence-electron chi connectivity index (χ4n) is 1.07. The van der Waals surface area contributed by atoms with Crippen molar-refractivity contribution in [2.45, 2.75) is 6.43 Å². The highest BCUT2D eigenvalue weighted by molar-refractivity contribution is 5.92. The molecule has 5 nitrogen and oxygen atoms in total. The van der Waals surface area contributed by atoms with E-state index in [0.717, 1.165) is 0 Å². The van der Waals surface area contributed by atoms with Crippen LogP contribution in [0, 0.1) is 15.9 Å². The first-order valence-corrected chi connectivity index (χ1v) is 3.84. The molecule has 0 saturated carbocycles. The molecule has 0 heterocycles. The molecule has 0 atom stereocenters. The molecule has 0 radical (unpaired) electrons. The van der Waals surface area contributed by atoms with Crippen molar-refractivity contribution < 1.29 is 28.0 Å². The highest BCUT2D eigenvalue weighted by Crippen LogP contribution is 2.29. The van der Waals surface area contributed by atoms with E-state index in [-0.39, 0.29) is 12.1 Å². The van der Waals surface area contributed by atoms with Crippen LogP contribution < -0.4 is 0 Å². The normalized spacial score (nSPS) is 10.5. The van der Waals surface area contributed by atoms with Crippen molar-refractivity contribution in [2.75, 3.05) is 0 Å². The van der Waals surface area contributed by atoms with Crippen LogP contribution in [0.2, 0.25) is 0 Å². The minimum absolute atomic E-state index is 0.210. The molecule has 1 aromatic carbocycles. The van der Waals surface area contributed by atoms with Crippen molar-refractivity contribution in [1.82, 2.24) is 0 Å². The Morgan fingerprint density at radius 1 is 1.44 bits per heavy atom. The summed E-state index contributed by atoms with van der Waals surface area (Å²) in [6.07, 6.45) is -3.25. The largest absolute Gasteiger partial charge is 0.477 e. The lowest BCUT2D eigenvalue weighted by molar-refractivity contribution is -0.385. The highest BCUT2D eigenvalue weighted by Gasteiger charge is 2.26. The quantitative estimate of drug-likeness (QED) is 0.644. The third-order valence-corrected chi connectivity index (χ3v) is 1.78. The Bertz CT molecular complexity index is 461. The zero-order valence-electron chi connectivity index (χ0n) is 7.49. The maximum absolute atomic E-state index is 12.9. The number of carboxylic acid groups (broad SMARTS) is 1. The molecule has 0 bridgehead atoms. The van der Waals surface area contributed by atoms with Gasteiger partial charge >= 0.3 is 5.97 Å². The van der Waals surface area contributed by atoms with Crippen LogP contribution in [0.25, 0.3) is 0 Å². The van der Waals surface area contributed by atoms with E-state index in [1.54, 1.807) is 0 Å². The highest BCUT2D eigenvalue weighted by atomic mass is 19.3. The molecule has 8 heteroatoms. The molecule has 0 aliphatic rings.